The predicted molar refractivity (Wildman–Crippen MR) is 122 cm³/mol. The van der Waals surface area contributed by atoms with Crippen LogP contribution < -0.4 is 5.32 Å². The van der Waals surface area contributed by atoms with Gasteiger partial charge in [-0.15, -0.1) is 0 Å². The van der Waals surface area contributed by atoms with Crippen molar-refractivity contribution in [1.29, 1.82) is 0 Å². The normalized spacial score (nSPS) is 15.7. The van der Waals surface area contributed by atoms with Crippen LogP contribution >= 0.6 is 0 Å². The van der Waals surface area contributed by atoms with Crippen molar-refractivity contribution in [3.63, 3.8) is 0 Å². The SMILES string of the molecule is Cc1ccc(NC(=O)N2CCc3c([nH]c4ccccc34)[C@@H]2c2ccccc2F)cc1C. The molecule has 0 radical (unpaired) electrons. The van der Waals surface area contributed by atoms with E-state index in [1.807, 2.05) is 56.3 Å². The van der Waals surface area contributed by atoms with E-state index in [2.05, 4.69) is 16.4 Å². The van der Waals surface area contributed by atoms with Gasteiger partial charge >= 0.3 is 6.03 Å². The van der Waals surface area contributed by atoms with Crippen molar-refractivity contribution in [3.05, 3.63) is 100 Å². The summed E-state index contributed by atoms with van der Waals surface area (Å²) >= 11 is 0. The molecule has 156 valence electrons. The molecule has 2 amide bonds. The predicted octanol–water partition coefficient (Wildman–Crippen LogP) is 6.10. The van der Waals surface area contributed by atoms with Crippen molar-refractivity contribution < 1.29 is 9.18 Å². The van der Waals surface area contributed by atoms with Crippen LogP contribution in [0.15, 0.2) is 66.7 Å². The molecule has 2 heterocycles. The van der Waals surface area contributed by atoms with Crippen LogP contribution in [0.4, 0.5) is 14.9 Å². The standard InChI is InChI=1S/C26H24FN3O/c1-16-11-12-18(15-17(16)2)28-26(31)30-14-13-20-19-7-4-6-10-23(19)29-24(20)25(30)21-8-3-5-9-22(21)27/h3-12,15,25,29H,13-14H2,1-2H3,(H,28,31)/t25-/m0/s1. The van der Waals surface area contributed by atoms with Gasteiger partial charge in [-0.2, -0.15) is 0 Å². The summed E-state index contributed by atoms with van der Waals surface area (Å²) < 4.78 is 14.9. The van der Waals surface area contributed by atoms with E-state index in [1.165, 1.54) is 11.6 Å². The third kappa shape index (κ3) is 3.36. The number of amides is 2. The first kappa shape index (κ1) is 19.4. The molecule has 4 nitrogen and oxygen atoms in total. The Hall–Kier alpha value is -3.60. The van der Waals surface area contributed by atoms with Crippen molar-refractivity contribution in [2.45, 2.75) is 26.3 Å². The minimum absolute atomic E-state index is 0.235. The zero-order valence-electron chi connectivity index (χ0n) is 17.6. The molecule has 0 saturated carbocycles. The van der Waals surface area contributed by atoms with Crippen LogP contribution in [-0.4, -0.2) is 22.5 Å². The first-order chi connectivity index (χ1) is 15.0. The molecule has 4 aromatic rings. The van der Waals surface area contributed by atoms with Crippen molar-refractivity contribution in [2.75, 3.05) is 11.9 Å². The number of nitrogens with zero attached hydrogens (tertiary/aromatic N) is 1. The molecule has 2 N–H and O–H groups in total. The van der Waals surface area contributed by atoms with E-state index in [1.54, 1.807) is 17.0 Å². The molecule has 31 heavy (non-hydrogen) atoms. The van der Waals surface area contributed by atoms with Gasteiger partial charge in [0.2, 0.25) is 0 Å². The molecular formula is C26H24FN3O. The average Bonchev–Trinajstić information content (AvgIpc) is 3.15. The summed E-state index contributed by atoms with van der Waals surface area (Å²) in [7, 11) is 0. The molecule has 3 aromatic carbocycles. The summed E-state index contributed by atoms with van der Waals surface area (Å²) in [5.74, 6) is -0.317. The molecule has 5 heteroatoms. The molecule has 0 unspecified atom stereocenters. The Morgan fingerprint density at radius 2 is 1.81 bits per heavy atom. The maximum Gasteiger partial charge on any atom is 0.322 e. The summed E-state index contributed by atoms with van der Waals surface area (Å²) in [5, 5.41) is 4.15. The van der Waals surface area contributed by atoms with Crippen molar-refractivity contribution in [2.24, 2.45) is 0 Å². The van der Waals surface area contributed by atoms with E-state index in [0.717, 1.165) is 33.4 Å². The number of benzene rings is 3. The van der Waals surface area contributed by atoms with E-state index >= 15 is 0 Å². The molecule has 1 atom stereocenters. The minimum atomic E-state index is -0.524. The second-order valence-corrected chi connectivity index (χ2v) is 8.16. The van der Waals surface area contributed by atoms with Crippen molar-refractivity contribution in [1.82, 2.24) is 9.88 Å². The lowest BCUT2D eigenvalue weighted by molar-refractivity contribution is 0.192. The van der Waals surface area contributed by atoms with Crippen LogP contribution in [0, 0.1) is 19.7 Å². The van der Waals surface area contributed by atoms with Gasteiger partial charge in [-0.05, 0) is 61.2 Å². The van der Waals surface area contributed by atoms with E-state index in [4.69, 9.17) is 0 Å². The molecular weight excluding hydrogens is 389 g/mol. The Labute approximate surface area is 180 Å². The summed E-state index contributed by atoms with van der Waals surface area (Å²) in [6.45, 7) is 4.56. The summed E-state index contributed by atoms with van der Waals surface area (Å²) in [6, 6.07) is 19.9. The Balaban J connectivity index is 1.58. The van der Waals surface area contributed by atoms with Crippen LogP contribution in [0.1, 0.15) is 34.0 Å². The minimum Gasteiger partial charge on any atom is -0.356 e. The van der Waals surface area contributed by atoms with Gasteiger partial charge in [-0.3, -0.25) is 0 Å². The van der Waals surface area contributed by atoms with E-state index in [0.29, 0.717) is 18.5 Å². The second kappa shape index (κ2) is 7.58. The number of halogens is 1. The number of carbonyl (C=O) groups is 1. The molecule has 0 spiro atoms. The lowest BCUT2D eigenvalue weighted by Gasteiger charge is -2.36. The second-order valence-electron chi connectivity index (χ2n) is 8.16. The van der Waals surface area contributed by atoms with Crippen molar-refractivity contribution in [3.8, 4) is 0 Å². The van der Waals surface area contributed by atoms with E-state index < -0.39 is 6.04 Å². The van der Waals surface area contributed by atoms with Gasteiger partial charge in [0, 0.05) is 34.4 Å². The maximum absolute atomic E-state index is 14.9. The Morgan fingerprint density at radius 1 is 1.03 bits per heavy atom. The van der Waals surface area contributed by atoms with Gasteiger partial charge < -0.3 is 15.2 Å². The number of aromatic nitrogens is 1. The van der Waals surface area contributed by atoms with Gasteiger partial charge in [0.1, 0.15) is 11.9 Å². The number of para-hydroxylation sites is 1. The number of urea groups is 1. The topological polar surface area (TPSA) is 48.1 Å². The zero-order chi connectivity index (χ0) is 21.5. The quantitative estimate of drug-likeness (QED) is 0.410. The highest BCUT2D eigenvalue weighted by Crippen LogP contribution is 2.39. The average molecular weight is 413 g/mol. The van der Waals surface area contributed by atoms with Crippen LogP contribution in [0.5, 0.6) is 0 Å². The highest BCUT2D eigenvalue weighted by atomic mass is 19.1. The highest BCUT2D eigenvalue weighted by Gasteiger charge is 2.36. The number of rotatable bonds is 2. The third-order valence-corrected chi connectivity index (χ3v) is 6.25. The number of hydrogen-bond donors (Lipinski definition) is 2. The zero-order valence-corrected chi connectivity index (χ0v) is 17.6. The van der Waals surface area contributed by atoms with Gasteiger partial charge in [-0.25, -0.2) is 9.18 Å². The molecule has 0 saturated heterocycles. The molecule has 0 fully saturated rings. The fourth-order valence-corrected chi connectivity index (χ4v) is 4.49. The van der Waals surface area contributed by atoms with Crippen molar-refractivity contribution >= 4 is 22.6 Å². The summed E-state index contributed by atoms with van der Waals surface area (Å²) in [5.41, 5.74) is 6.55. The Morgan fingerprint density at radius 3 is 2.61 bits per heavy atom. The smallest absolute Gasteiger partial charge is 0.322 e. The van der Waals surface area contributed by atoms with E-state index in [-0.39, 0.29) is 11.8 Å². The fourth-order valence-electron chi connectivity index (χ4n) is 4.49. The number of aryl methyl sites for hydroxylation is 2. The van der Waals surface area contributed by atoms with Gasteiger partial charge in [-0.1, -0.05) is 42.5 Å². The Bertz CT molecular complexity index is 1290. The summed E-state index contributed by atoms with van der Waals surface area (Å²) in [4.78, 5) is 18.6. The fraction of sp³-hybridized carbons (Fsp3) is 0.192. The van der Waals surface area contributed by atoms with Gasteiger partial charge in [0.25, 0.3) is 0 Å². The molecule has 0 aliphatic carbocycles. The van der Waals surface area contributed by atoms with Gasteiger partial charge in [0.05, 0.1) is 0 Å². The summed E-state index contributed by atoms with van der Waals surface area (Å²) in [6.07, 6.45) is 0.713. The highest BCUT2D eigenvalue weighted by molar-refractivity contribution is 5.91. The largest absolute Gasteiger partial charge is 0.356 e. The first-order valence-corrected chi connectivity index (χ1v) is 10.5. The Kier molecular flexibility index (Phi) is 4.74. The van der Waals surface area contributed by atoms with Crippen LogP contribution in [0.2, 0.25) is 0 Å². The lowest BCUT2D eigenvalue weighted by atomic mass is 9.92. The maximum atomic E-state index is 14.9. The monoisotopic (exact) mass is 413 g/mol. The van der Waals surface area contributed by atoms with Crippen LogP contribution in [-0.2, 0) is 6.42 Å². The van der Waals surface area contributed by atoms with Crippen LogP contribution in [0.25, 0.3) is 10.9 Å². The molecule has 1 aliphatic heterocycles. The van der Waals surface area contributed by atoms with E-state index in [9.17, 15) is 9.18 Å². The first-order valence-electron chi connectivity index (χ1n) is 10.5. The number of carbonyl (C=O) groups excluding carboxylic acids is 1. The molecule has 5 rings (SSSR count). The van der Waals surface area contributed by atoms with Crippen LogP contribution in [0.3, 0.4) is 0 Å². The number of nitrogens with one attached hydrogen (secondary N) is 2. The number of fused-ring (bicyclic) bond motifs is 3. The molecule has 0 bridgehead atoms. The van der Waals surface area contributed by atoms with Gasteiger partial charge in [0.15, 0.2) is 0 Å². The number of hydrogen-bond acceptors (Lipinski definition) is 1. The number of aromatic amines is 1. The molecule has 1 aliphatic rings. The third-order valence-electron chi connectivity index (χ3n) is 6.25. The number of H-pyrrole nitrogens is 1. The lowest BCUT2D eigenvalue weighted by Crippen LogP contribution is -2.43. The number of anilines is 1. The molecule has 1 aromatic heterocycles.